The Kier molecular flexibility index (Phi) is 4.87. The Morgan fingerprint density at radius 2 is 1.80 bits per heavy atom. The number of pyridine rings is 1. The van der Waals surface area contributed by atoms with E-state index in [-0.39, 0.29) is 5.56 Å². The predicted molar refractivity (Wildman–Crippen MR) is 92.4 cm³/mol. The quantitative estimate of drug-likeness (QED) is 0.621. The lowest BCUT2D eigenvalue weighted by Crippen LogP contribution is -2.12. The Labute approximate surface area is 152 Å². The van der Waals surface area contributed by atoms with Gasteiger partial charge >= 0.3 is 6.18 Å². The van der Waals surface area contributed by atoms with E-state index in [0.717, 1.165) is 28.7 Å². The SMILES string of the molecule is O=C(Nc1nc(-c2ccc(Br)cn2)cs1)c1ccc(C(F)(F)F)cc1. The number of hydrogen-bond donors (Lipinski definition) is 1. The van der Waals surface area contributed by atoms with Crippen LogP contribution in [-0.4, -0.2) is 15.9 Å². The van der Waals surface area contributed by atoms with E-state index in [1.165, 1.54) is 11.3 Å². The van der Waals surface area contributed by atoms with Crippen molar-refractivity contribution in [1.82, 2.24) is 9.97 Å². The predicted octanol–water partition coefficient (Wildman–Crippen LogP) is 5.24. The zero-order valence-electron chi connectivity index (χ0n) is 12.3. The van der Waals surface area contributed by atoms with Crippen molar-refractivity contribution in [3.8, 4) is 11.4 Å². The van der Waals surface area contributed by atoms with Gasteiger partial charge in [-0.05, 0) is 52.3 Å². The summed E-state index contributed by atoms with van der Waals surface area (Å²) in [7, 11) is 0. The molecule has 4 nitrogen and oxygen atoms in total. The summed E-state index contributed by atoms with van der Waals surface area (Å²) in [4.78, 5) is 20.6. The van der Waals surface area contributed by atoms with Crippen molar-refractivity contribution in [2.45, 2.75) is 6.18 Å². The van der Waals surface area contributed by atoms with Crippen molar-refractivity contribution in [1.29, 1.82) is 0 Å². The number of carbonyl (C=O) groups is 1. The third kappa shape index (κ3) is 4.23. The summed E-state index contributed by atoms with van der Waals surface area (Å²) in [5, 5.41) is 4.64. The van der Waals surface area contributed by atoms with Crippen molar-refractivity contribution in [2.75, 3.05) is 5.32 Å². The Hall–Kier alpha value is -2.26. The number of amides is 1. The van der Waals surface area contributed by atoms with E-state index in [2.05, 4.69) is 31.2 Å². The standard InChI is InChI=1S/C16H9BrF3N3OS/c17-11-5-6-12(21-7-11)13-8-25-15(22-13)23-14(24)9-1-3-10(4-2-9)16(18,19)20/h1-8H,(H,22,23,24). The molecule has 1 N–H and O–H groups in total. The molecule has 0 aliphatic carbocycles. The van der Waals surface area contributed by atoms with Gasteiger partial charge in [0.2, 0.25) is 0 Å². The summed E-state index contributed by atoms with van der Waals surface area (Å²) in [6.45, 7) is 0. The number of rotatable bonds is 3. The summed E-state index contributed by atoms with van der Waals surface area (Å²) in [5.41, 5.74) is 0.558. The summed E-state index contributed by atoms with van der Waals surface area (Å²) in [6, 6.07) is 7.59. The molecule has 0 radical (unpaired) electrons. The second-order valence-corrected chi connectivity index (χ2v) is 6.70. The van der Waals surface area contributed by atoms with Crippen LogP contribution in [0.4, 0.5) is 18.3 Å². The summed E-state index contributed by atoms with van der Waals surface area (Å²) in [5.74, 6) is -0.529. The molecular formula is C16H9BrF3N3OS. The Morgan fingerprint density at radius 1 is 1.08 bits per heavy atom. The van der Waals surface area contributed by atoms with E-state index >= 15 is 0 Å². The first-order chi connectivity index (χ1) is 11.8. The summed E-state index contributed by atoms with van der Waals surface area (Å²) < 4.78 is 38.5. The van der Waals surface area contributed by atoms with Crippen LogP contribution in [0.1, 0.15) is 15.9 Å². The topological polar surface area (TPSA) is 54.9 Å². The molecule has 0 saturated carbocycles. The fourth-order valence-electron chi connectivity index (χ4n) is 1.96. The van der Waals surface area contributed by atoms with E-state index in [1.807, 2.05) is 6.07 Å². The number of aromatic nitrogens is 2. The van der Waals surface area contributed by atoms with Gasteiger partial charge in [0.05, 0.1) is 11.3 Å². The Balaban J connectivity index is 1.72. The highest BCUT2D eigenvalue weighted by Crippen LogP contribution is 2.29. The zero-order valence-corrected chi connectivity index (χ0v) is 14.7. The molecule has 0 aliphatic rings. The third-order valence-corrected chi connectivity index (χ3v) is 4.42. The maximum Gasteiger partial charge on any atom is 0.416 e. The van der Waals surface area contributed by atoms with Crippen LogP contribution in [0.3, 0.4) is 0 Å². The van der Waals surface area contributed by atoms with Crippen LogP contribution >= 0.6 is 27.3 Å². The van der Waals surface area contributed by atoms with E-state index < -0.39 is 17.6 Å². The number of benzene rings is 1. The number of halogens is 4. The van der Waals surface area contributed by atoms with Crippen molar-refractivity contribution in [2.24, 2.45) is 0 Å². The number of nitrogens with one attached hydrogen (secondary N) is 1. The van der Waals surface area contributed by atoms with Gasteiger partial charge in [-0.25, -0.2) is 4.98 Å². The van der Waals surface area contributed by atoms with Crippen LogP contribution in [0, 0.1) is 0 Å². The van der Waals surface area contributed by atoms with Gasteiger partial charge < -0.3 is 0 Å². The first-order valence-corrected chi connectivity index (χ1v) is 8.56. The van der Waals surface area contributed by atoms with E-state index in [0.29, 0.717) is 16.5 Å². The molecule has 0 unspecified atom stereocenters. The number of alkyl halides is 3. The second kappa shape index (κ2) is 6.93. The zero-order chi connectivity index (χ0) is 18.0. The van der Waals surface area contributed by atoms with Crippen LogP contribution in [0.2, 0.25) is 0 Å². The normalized spacial score (nSPS) is 11.4. The van der Waals surface area contributed by atoms with E-state index in [4.69, 9.17) is 0 Å². The molecule has 128 valence electrons. The third-order valence-electron chi connectivity index (χ3n) is 3.19. The Morgan fingerprint density at radius 3 is 2.40 bits per heavy atom. The maximum absolute atomic E-state index is 12.5. The lowest BCUT2D eigenvalue weighted by atomic mass is 10.1. The number of anilines is 1. The average molecular weight is 428 g/mol. The molecule has 1 aromatic carbocycles. The van der Waals surface area contributed by atoms with Crippen molar-refractivity contribution >= 4 is 38.3 Å². The molecule has 9 heteroatoms. The van der Waals surface area contributed by atoms with Crippen molar-refractivity contribution in [3.63, 3.8) is 0 Å². The first-order valence-electron chi connectivity index (χ1n) is 6.89. The van der Waals surface area contributed by atoms with Gasteiger partial charge in [0, 0.05) is 21.6 Å². The van der Waals surface area contributed by atoms with Gasteiger partial charge in [-0.2, -0.15) is 13.2 Å². The molecule has 2 heterocycles. The van der Waals surface area contributed by atoms with Gasteiger partial charge in [0.25, 0.3) is 5.91 Å². The highest BCUT2D eigenvalue weighted by Gasteiger charge is 2.30. The largest absolute Gasteiger partial charge is 0.416 e. The second-order valence-electron chi connectivity index (χ2n) is 4.93. The van der Waals surface area contributed by atoms with Crippen LogP contribution in [-0.2, 0) is 6.18 Å². The fraction of sp³-hybridized carbons (Fsp3) is 0.0625. The number of carbonyl (C=O) groups excluding carboxylic acids is 1. The average Bonchev–Trinajstić information content (AvgIpc) is 3.03. The van der Waals surface area contributed by atoms with Crippen molar-refractivity contribution in [3.05, 3.63) is 63.6 Å². The molecule has 25 heavy (non-hydrogen) atoms. The molecule has 2 aromatic heterocycles. The van der Waals surface area contributed by atoms with Crippen LogP contribution in [0.15, 0.2) is 52.4 Å². The van der Waals surface area contributed by atoms with Crippen LogP contribution < -0.4 is 5.32 Å². The lowest BCUT2D eigenvalue weighted by molar-refractivity contribution is -0.137. The molecule has 1 amide bonds. The van der Waals surface area contributed by atoms with E-state index in [1.54, 1.807) is 17.6 Å². The molecule has 3 rings (SSSR count). The summed E-state index contributed by atoms with van der Waals surface area (Å²) in [6.07, 6.45) is -2.80. The van der Waals surface area contributed by atoms with Gasteiger partial charge in [0.15, 0.2) is 5.13 Å². The van der Waals surface area contributed by atoms with Crippen molar-refractivity contribution < 1.29 is 18.0 Å². The van der Waals surface area contributed by atoms with Gasteiger partial charge in [0.1, 0.15) is 5.69 Å². The smallest absolute Gasteiger partial charge is 0.298 e. The Bertz CT molecular complexity index is 892. The minimum absolute atomic E-state index is 0.117. The molecule has 0 bridgehead atoms. The fourth-order valence-corrected chi connectivity index (χ4v) is 2.89. The highest BCUT2D eigenvalue weighted by atomic mass is 79.9. The first kappa shape index (κ1) is 17.6. The molecule has 0 saturated heterocycles. The van der Waals surface area contributed by atoms with Gasteiger partial charge in [-0.15, -0.1) is 11.3 Å². The molecule has 0 fully saturated rings. The number of thiazole rings is 1. The van der Waals surface area contributed by atoms with Gasteiger partial charge in [-0.1, -0.05) is 0 Å². The molecule has 0 spiro atoms. The minimum Gasteiger partial charge on any atom is -0.298 e. The highest BCUT2D eigenvalue weighted by molar-refractivity contribution is 9.10. The van der Waals surface area contributed by atoms with E-state index in [9.17, 15) is 18.0 Å². The maximum atomic E-state index is 12.5. The monoisotopic (exact) mass is 427 g/mol. The molecular weight excluding hydrogens is 419 g/mol. The van der Waals surface area contributed by atoms with Gasteiger partial charge in [-0.3, -0.25) is 15.1 Å². The molecule has 0 atom stereocenters. The minimum atomic E-state index is -4.43. The van der Waals surface area contributed by atoms with Crippen LogP contribution in [0.5, 0.6) is 0 Å². The molecule has 0 aliphatic heterocycles. The van der Waals surface area contributed by atoms with Crippen LogP contribution in [0.25, 0.3) is 11.4 Å². The number of hydrogen-bond acceptors (Lipinski definition) is 4. The lowest BCUT2D eigenvalue weighted by Gasteiger charge is -2.07. The number of nitrogens with zero attached hydrogens (tertiary/aromatic N) is 2. The summed E-state index contributed by atoms with van der Waals surface area (Å²) >= 11 is 4.50. The molecule has 3 aromatic rings.